The van der Waals surface area contributed by atoms with Crippen LogP contribution in [0.5, 0.6) is 0 Å². The number of rotatable bonds is 4. The lowest BCUT2D eigenvalue weighted by molar-refractivity contribution is -0.134. The molecule has 35 heavy (non-hydrogen) atoms. The number of carbonyl (C=O) groups is 3. The van der Waals surface area contributed by atoms with E-state index in [1.54, 1.807) is 4.90 Å². The molecular weight excluding hydrogens is 462 g/mol. The molecule has 2 fully saturated rings. The lowest BCUT2D eigenvalue weighted by Gasteiger charge is -2.30. The highest BCUT2D eigenvalue weighted by atomic mass is 35.5. The molecular formula is C28H28ClN3O3. The maximum atomic E-state index is 13.3. The van der Waals surface area contributed by atoms with Gasteiger partial charge in [0.1, 0.15) is 6.04 Å². The summed E-state index contributed by atoms with van der Waals surface area (Å²) in [6, 6.07) is 18.1. The van der Waals surface area contributed by atoms with E-state index in [1.165, 1.54) is 24.0 Å². The van der Waals surface area contributed by atoms with Gasteiger partial charge in [-0.25, -0.2) is 0 Å². The molecule has 0 aliphatic carbocycles. The molecule has 3 amide bonds. The third-order valence-electron chi connectivity index (χ3n) is 7.52. The molecule has 3 heterocycles. The van der Waals surface area contributed by atoms with Gasteiger partial charge in [-0.05, 0) is 78.9 Å². The molecule has 3 aliphatic heterocycles. The summed E-state index contributed by atoms with van der Waals surface area (Å²) in [4.78, 5) is 39.0. The first-order valence-electron chi connectivity index (χ1n) is 12.1. The van der Waals surface area contributed by atoms with Crippen LogP contribution in [0, 0.1) is 0 Å². The molecule has 3 aliphatic rings. The van der Waals surface area contributed by atoms with Gasteiger partial charge < -0.3 is 5.32 Å². The molecule has 0 radical (unpaired) electrons. The molecule has 0 aromatic heterocycles. The average molecular weight is 490 g/mol. The molecule has 3 aromatic rings. The lowest BCUT2D eigenvalue weighted by atomic mass is 9.89. The summed E-state index contributed by atoms with van der Waals surface area (Å²) in [6.45, 7) is 2.17. The van der Waals surface area contributed by atoms with Crippen LogP contribution >= 0.6 is 12.4 Å². The van der Waals surface area contributed by atoms with Crippen molar-refractivity contribution in [2.45, 2.75) is 44.1 Å². The number of hydrogen-bond donors (Lipinski definition) is 2. The van der Waals surface area contributed by atoms with E-state index in [9.17, 15) is 14.4 Å². The van der Waals surface area contributed by atoms with Gasteiger partial charge in [-0.1, -0.05) is 42.5 Å². The van der Waals surface area contributed by atoms with Crippen LogP contribution in [0.3, 0.4) is 0 Å². The second-order valence-electron chi connectivity index (χ2n) is 9.56. The standard InChI is InChI=1S/C28H27N3O3.ClH/c32-25-11-10-24(27(33)30-25)31-23-9-8-20(21-2-1-3-22(26(21)23)28(31)34)16-17-4-6-18(7-5-17)19-12-14-29-15-13-19;/h1-9,19,24,29H,10-16H2,(H,30,32,33);1H. The highest BCUT2D eigenvalue weighted by Crippen LogP contribution is 2.41. The van der Waals surface area contributed by atoms with Crippen molar-refractivity contribution in [2.75, 3.05) is 18.0 Å². The van der Waals surface area contributed by atoms with Crippen LogP contribution in [0.25, 0.3) is 10.8 Å². The maximum absolute atomic E-state index is 13.3. The molecule has 1 atom stereocenters. The first-order valence-corrected chi connectivity index (χ1v) is 12.1. The van der Waals surface area contributed by atoms with Crippen molar-refractivity contribution in [2.24, 2.45) is 0 Å². The number of anilines is 1. The number of nitrogens with zero attached hydrogens (tertiary/aromatic N) is 1. The molecule has 0 saturated carbocycles. The summed E-state index contributed by atoms with van der Waals surface area (Å²) < 4.78 is 0. The van der Waals surface area contributed by atoms with Gasteiger partial charge in [-0.15, -0.1) is 12.4 Å². The Balaban J connectivity index is 0.00000253. The van der Waals surface area contributed by atoms with Gasteiger partial charge in [0.05, 0.1) is 5.69 Å². The molecule has 7 heteroatoms. The molecule has 0 spiro atoms. The number of imide groups is 1. The van der Waals surface area contributed by atoms with Gasteiger partial charge in [-0.3, -0.25) is 24.6 Å². The van der Waals surface area contributed by atoms with Crippen LogP contribution in [0.4, 0.5) is 5.69 Å². The molecule has 0 bridgehead atoms. The summed E-state index contributed by atoms with van der Waals surface area (Å²) in [6.07, 6.45) is 3.74. The van der Waals surface area contributed by atoms with Gasteiger partial charge in [-0.2, -0.15) is 0 Å². The second kappa shape index (κ2) is 9.44. The van der Waals surface area contributed by atoms with Gasteiger partial charge in [0.2, 0.25) is 11.8 Å². The molecule has 180 valence electrons. The second-order valence-corrected chi connectivity index (χ2v) is 9.56. The van der Waals surface area contributed by atoms with Crippen molar-refractivity contribution in [1.29, 1.82) is 0 Å². The van der Waals surface area contributed by atoms with Crippen LogP contribution in [0.15, 0.2) is 54.6 Å². The van der Waals surface area contributed by atoms with E-state index in [-0.39, 0.29) is 30.6 Å². The van der Waals surface area contributed by atoms with E-state index in [0.29, 0.717) is 17.9 Å². The van der Waals surface area contributed by atoms with Crippen LogP contribution in [-0.2, 0) is 16.0 Å². The molecule has 6 rings (SSSR count). The summed E-state index contributed by atoms with van der Waals surface area (Å²) in [7, 11) is 0. The number of hydrogen-bond acceptors (Lipinski definition) is 4. The number of piperidine rings is 2. The maximum Gasteiger partial charge on any atom is 0.259 e. The summed E-state index contributed by atoms with van der Waals surface area (Å²) in [5.41, 5.74) is 5.20. The fraction of sp³-hybridized carbons (Fsp3) is 0.321. The largest absolute Gasteiger partial charge is 0.317 e. The zero-order chi connectivity index (χ0) is 23.2. The highest BCUT2D eigenvalue weighted by Gasteiger charge is 2.40. The lowest BCUT2D eigenvalue weighted by Crippen LogP contribution is -2.53. The Hall–Kier alpha value is -3.22. The Kier molecular flexibility index (Phi) is 6.34. The Bertz CT molecular complexity index is 1320. The number of benzene rings is 3. The first kappa shape index (κ1) is 23.5. The molecule has 1 unspecified atom stereocenters. The number of halogens is 1. The van der Waals surface area contributed by atoms with Gasteiger partial charge in [0.25, 0.3) is 5.91 Å². The van der Waals surface area contributed by atoms with E-state index in [1.807, 2.05) is 18.2 Å². The first-order chi connectivity index (χ1) is 16.6. The number of carbonyl (C=O) groups excluding carboxylic acids is 3. The van der Waals surface area contributed by atoms with Gasteiger partial charge >= 0.3 is 0 Å². The fourth-order valence-electron chi connectivity index (χ4n) is 5.74. The summed E-state index contributed by atoms with van der Waals surface area (Å²) in [5, 5.41) is 7.76. The van der Waals surface area contributed by atoms with E-state index in [4.69, 9.17) is 0 Å². The predicted molar refractivity (Wildman–Crippen MR) is 138 cm³/mol. The van der Waals surface area contributed by atoms with E-state index >= 15 is 0 Å². The van der Waals surface area contributed by atoms with Gasteiger partial charge in [0.15, 0.2) is 0 Å². The average Bonchev–Trinajstić information content (AvgIpc) is 3.15. The Labute approximate surface area is 210 Å². The normalized spacial score (nSPS) is 20.2. The highest BCUT2D eigenvalue weighted by molar-refractivity contribution is 6.27. The van der Waals surface area contributed by atoms with Crippen LogP contribution in [0.2, 0.25) is 0 Å². The third kappa shape index (κ3) is 4.11. The quantitative estimate of drug-likeness (QED) is 0.541. The van der Waals surface area contributed by atoms with Crippen molar-refractivity contribution in [3.05, 3.63) is 76.9 Å². The zero-order valence-electron chi connectivity index (χ0n) is 19.4. The Morgan fingerprint density at radius 3 is 2.40 bits per heavy atom. The topological polar surface area (TPSA) is 78.5 Å². The smallest absolute Gasteiger partial charge is 0.259 e. The summed E-state index contributed by atoms with van der Waals surface area (Å²) >= 11 is 0. The monoisotopic (exact) mass is 489 g/mol. The SMILES string of the molecule is Cl.O=C1CCC(N2C(=O)c3cccc4c(Cc5ccc(C6CCNCC6)cc5)ccc2c34)C(=O)N1. The Morgan fingerprint density at radius 2 is 1.66 bits per heavy atom. The predicted octanol–water partition coefficient (Wildman–Crippen LogP) is 4.08. The van der Waals surface area contributed by atoms with Crippen LogP contribution < -0.4 is 15.5 Å². The van der Waals surface area contributed by atoms with Crippen LogP contribution in [0.1, 0.15) is 58.6 Å². The third-order valence-corrected chi connectivity index (χ3v) is 7.52. The van der Waals surface area contributed by atoms with Crippen molar-refractivity contribution >= 4 is 46.6 Å². The summed E-state index contributed by atoms with van der Waals surface area (Å²) in [5.74, 6) is -0.213. The number of nitrogens with one attached hydrogen (secondary N) is 2. The molecule has 6 nitrogen and oxygen atoms in total. The van der Waals surface area contributed by atoms with Crippen molar-refractivity contribution < 1.29 is 14.4 Å². The Morgan fingerprint density at radius 1 is 0.886 bits per heavy atom. The van der Waals surface area contributed by atoms with E-state index < -0.39 is 11.9 Å². The van der Waals surface area contributed by atoms with E-state index in [2.05, 4.69) is 47.0 Å². The molecule has 2 saturated heterocycles. The minimum atomic E-state index is -0.658. The number of amides is 3. The van der Waals surface area contributed by atoms with Crippen molar-refractivity contribution in [3.63, 3.8) is 0 Å². The minimum Gasteiger partial charge on any atom is -0.317 e. The fourth-order valence-corrected chi connectivity index (χ4v) is 5.74. The minimum absolute atomic E-state index is 0. The van der Waals surface area contributed by atoms with Crippen LogP contribution in [-0.4, -0.2) is 36.9 Å². The molecule has 3 aromatic carbocycles. The van der Waals surface area contributed by atoms with Gasteiger partial charge in [0, 0.05) is 17.4 Å². The van der Waals surface area contributed by atoms with Crippen molar-refractivity contribution in [3.8, 4) is 0 Å². The van der Waals surface area contributed by atoms with E-state index in [0.717, 1.165) is 41.5 Å². The van der Waals surface area contributed by atoms with Crippen molar-refractivity contribution in [1.82, 2.24) is 10.6 Å². The molecule has 2 N–H and O–H groups in total. The zero-order valence-corrected chi connectivity index (χ0v) is 20.2.